The fraction of sp³-hybridized carbons (Fsp3) is 0.296. The van der Waals surface area contributed by atoms with Crippen molar-refractivity contribution in [2.75, 3.05) is 10.6 Å². The monoisotopic (exact) mass is 470 g/mol. The van der Waals surface area contributed by atoms with Crippen LogP contribution in [0.25, 0.3) is 10.9 Å². The summed E-state index contributed by atoms with van der Waals surface area (Å²) in [6.07, 6.45) is 5.21. The zero-order chi connectivity index (χ0) is 24.3. The van der Waals surface area contributed by atoms with Crippen LogP contribution in [0, 0.1) is 11.3 Å². The first-order valence-corrected chi connectivity index (χ1v) is 11.8. The van der Waals surface area contributed by atoms with Gasteiger partial charge in [-0.25, -0.2) is 4.39 Å². The standard InChI is InChI=1S/C27H27FN6O/c28-18-19-6-8-21(9-7-19)32-25-24-23(12-17-30-26(24)35)34(33-25)27(15-16-29)13-10-22(11-14-27)31-20-4-2-1-3-5-20/h1-9,12,17,22,31H,10-11,13-15,18H2,(H,30,35)(H,32,33)/t22-,27-. The van der Waals surface area contributed by atoms with E-state index >= 15 is 0 Å². The van der Waals surface area contributed by atoms with Gasteiger partial charge in [-0.05, 0) is 61.6 Å². The summed E-state index contributed by atoms with van der Waals surface area (Å²) in [6, 6.07) is 21.6. The first kappa shape index (κ1) is 22.7. The summed E-state index contributed by atoms with van der Waals surface area (Å²) < 4.78 is 14.8. The second kappa shape index (κ2) is 9.63. The van der Waals surface area contributed by atoms with Gasteiger partial charge in [-0.1, -0.05) is 30.3 Å². The van der Waals surface area contributed by atoms with Gasteiger partial charge in [0.1, 0.15) is 12.1 Å². The van der Waals surface area contributed by atoms with Gasteiger partial charge >= 0.3 is 0 Å². The Labute approximate surface area is 202 Å². The van der Waals surface area contributed by atoms with E-state index in [1.165, 1.54) is 0 Å². The van der Waals surface area contributed by atoms with Crippen LogP contribution in [0.15, 0.2) is 71.7 Å². The Morgan fingerprint density at radius 3 is 2.51 bits per heavy atom. The van der Waals surface area contributed by atoms with Gasteiger partial charge in [-0.3, -0.25) is 9.48 Å². The molecule has 2 heterocycles. The van der Waals surface area contributed by atoms with Crippen LogP contribution in [-0.2, 0) is 12.2 Å². The second-order valence-electron chi connectivity index (χ2n) is 9.13. The molecule has 5 rings (SSSR count). The van der Waals surface area contributed by atoms with Crippen molar-refractivity contribution >= 4 is 28.1 Å². The van der Waals surface area contributed by atoms with Crippen LogP contribution in [0.3, 0.4) is 0 Å². The van der Waals surface area contributed by atoms with E-state index < -0.39 is 12.2 Å². The highest BCUT2D eigenvalue weighted by Gasteiger charge is 2.39. The predicted octanol–water partition coefficient (Wildman–Crippen LogP) is 5.60. The Morgan fingerprint density at radius 1 is 1.09 bits per heavy atom. The molecule has 0 amide bonds. The van der Waals surface area contributed by atoms with Gasteiger partial charge in [0.25, 0.3) is 5.56 Å². The molecule has 178 valence electrons. The molecule has 0 aliphatic heterocycles. The molecule has 0 spiro atoms. The number of alkyl halides is 1. The van der Waals surface area contributed by atoms with E-state index in [4.69, 9.17) is 5.10 Å². The van der Waals surface area contributed by atoms with Gasteiger partial charge in [-0.15, -0.1) is 0 Å². The Hall–Kier alpha value is -4.12. The molecule has 1 saturated carbocycles. The summed E-state index contributed by atoms with van der Waals surface area (Å²) in [5.41, 5.74) is 2.32. The van der Waals surface area contributed by atoms with Crippen molar-refractivity contribution < 1.29 is 4.39 Å². The molecular weight excluding hydrogens is 443 g/mol. The molecule has 1 aliphatic carbocycles. The Balaban J connectivity index is 1.48. The number of pyridine rings is 1. The van der Waals surface area contributed by atoms with Gasteiger partial charge < -0.3 is 15.6 Å². The molecule has 0 atom stereocenters. The van der Waals surface area contributed by atoms with Gasteiger partial charge in [-0.2, -0.15) is 10.4 Å². The fourth-order valence-corrected chi connectivity index (χ4v) is 5.02. The summed E-state index contributed by atoms with van der Waals surface area (Å²) in [5, 5.41) is 21.9. The van der Waals surface area contributed by atoms with E-state index in [1.54, 1.807) is 30.5 Å². The second-order valence-corrected chi connectivity index (χ2v) is 9.13. The third-order valence-corrected chi connectivity index (χ3v) is 6.89. The SMILES string of the molecule is N#CC[C@]1(n2nc(Nc3ccc(CF)cc3)c3c(=O)[nH]ccc32)CC[C@H](Nc2ccccc2)CC1. The molecule has 2 aromatic carbocycles. The highest BCUT2D eigenvalue weighted by molar-refractivity contribution is 5.91. The number of aromatic amines is 1. The first-order valence-electron chi connectivity index (χ1n) is 11.8. The van der Waals surface area contributed by atoms with Crippen LogP contribution in [-0.4, -0.2) is 20.8 Å². The minimum Gasteiger partial charge on any atom is -0.382 e. The van der Waals surface area contributed by atoms with E-state index in [1.807, 2.05) is 28.9 Å². The minimum absolute atomic E-state index is 0.247. The maximum Gasteiger partial charge on any atom is 0.261 e. The van der Waals surface area contributed by atoms with Crippen molar-refractivity contribution in [1.82, 2.24) is 14.8 Å². The van der Waals surface area contributed by atoms with Gasteiger partial charge in [0.05, 0.1) is 23.5 Å². The summed E-state index contributed by atoms with van der Waals surface area (Å²) in [6.45, 7) is -0.533. The lowest BCUT2D eigenvalue weighted by Crippen LogP contribution is -2.41. The largest absolute Gasteiger partial charge is 0.382 e. The number of hydrogen-bond acceptors (Lipinski definition) is 5. The fourth-order valence-electron chi connectivity index (χ4n) is 5.02. The van der Waals surface area contributed by atoms with Gasteiger partial charge in [0, 0.05) is 23.6 Å². The number of hydrogen-bond donors (Lipinski definition) is 3. The number of anilines is 3. The highest BCUT2D eigenvalue weighted by Crippen LogP contribution is 2.41. The number of aromatic nitrogens is 3. The molecule has 1 fully saturated rings. The van der Waals surface area contributed by atoms with E-state index in [0.29, 0.717) is 40.4 Å². The number of rotatable bonds is 7. The molecular formula is C27H27FN6O. The third kappa shape index (κ3) is 4.50. The molecule has 2 aromatic heterocycles. The first-order chi connectivity index (χ1) is 17.1. The molecule has 0 unspecified atom stereocenters. The van der Waals surface area contributed by atoms with Crippen molar-refractivity contribution in [3.05, 3.63) is 82.8 Å². The predicted molar refractivity (Wildman–Crippen MR) is 135 cm³/mol. The summed E-state index contributed by atoms with van der Waals surface area (Å²) in [7, 11) is 0. The topological polar surface area (TPSA) is 98.5 Å². The summed E-state index contributed by atoms with van der Waals surface area (Å²) >= 11 is 0. The molecule has 8 heteroatoms. The third-order valence-electron chi connectivity index (χ3n) is 6.89. The summed E-state index contributed by atoms with van der Waals surface area (Å²) in [4.78, 5) is 15.6. The van der Waals surface area contributed by atoms with E-state index in [-0.39, 0.29) is 5.56 Å². The number of para-hydroxylation sites is 1. The van der Waals surface area contributed by atoms with Crippen LogP contribution in [0.1, 0.15) is 37.7 Å². The van der Waals surface area contributed by atoms with Crippen molar-refractivity contribution in [3.8, 4) is 6.07 Å². The van der Waals surface area contributed by atoms with Crippen LogP contribution in [0.5, 0.6) is 0 Å². The van der Waals surface area contributed by atoms with Crippen molar-refractivity contribution in [1.29, 1.82) is 5.26 Å². The van der Waals surface area contributed by atoms with Crippen molar-refractivity contribution in [3.63, 3.8) is 0 Å². The molecule has 1 aliphatic rings. The zero-order valence-electron chi connectivity index (χ0n) is 19.3. The van der Waals surface area contributed by atoms with E-state index in [9.17, 15) is 14.4 Å². The minimum atomic E-state index is -0.533. The quantitative estimate of drug-likeness (QED) is 0.326. The molecule has 0 saturated heterocycles. The maximum absolute atomic E-state index is 12.9. The molecule has 4 aromatic rings. The number of nitrogens with one attached hydrogen (secondary N) is 3. The van der Waals surface area contributed by atoms with Crippen LogP contribution in [0.2, 0.25) is 0 Å². The van der Waals surface area contributed by atoms with Crippen LogP contribution >= 0.6 is 0 Å². The zero-order valence-corrected chi connectivity index (χ0v) is 19.3. The lowest BCUT2D eigenvalue weighted by atomic mass is 9.77. The van der Waals surface area contributed by atoms with Gasteiger partial charge in [0.2, 0.25) is 0 Å². The van der Waals surface area contributed by atoms with Crippen LogP contribution in [0.4, 0.5) is 21.6 Å². The van der Waals surface area contributed by atoms with Gasteiger partial charge in [0.15, 0.2) is 5.82 Å². The Kier molecular flexibility index (Phi) is 6.23. The highest BCUT2D eigenvalue weighted by atomic mass is 19.1. The number of H-pyrrole nitrogens is 1. The lowest BCUT2D eigenvalue weighted by Gasteiger charge is -2.40. The average Bonchev–Trinajstić information content (AvgIpc) is 3.27. The number of fused-ring (bicyclic) bond motifs is 1. The number of halogens is 1. The molecule has 35 heavy (non-hydrogen) atoms. The maximum atomic E-state index is 12.9. The van der Waals surface area contributed by atoms with Crippen molar-refractivity contribution in [2.24, 2.45) is 0 Å². The Bertz CT molecular complexity index is 1400. The smallest absolute Gasteiger partial charge is 0.261 e. The number of nitrogens with zero attached hydrogens (tertiary/aromatic N) is 3. The van der Waals surface area contributed by atoms with Crippen molar-refractivity contribution in [2.45, 2.75) is 50.4 Å². The summed E-state index contributed by atoms with van der Waals surface area (Å²) in [5.74, 6) is 0.427. The Morgan fingerprint density at radius 2 is 1.83 bits per heavy atom. The van der Waals surface area contributed by atoms with E-state index in [0.717, 1.165) is 31.4 Å². The molecule has 0 radical (unpaired) electrons. The lowest BCUT2D eigenvalue weighted by molar-refractivity contribution is 0.177. The number of benzene rings is 2. The number of nitriles is 1. The average molecular weight is 471 g/mol. The molecule has 0 bridgehead atoms. The molecule has 3 N–H and O–H groups in total. The van der Waals surface area contributed by atoms with E-state index in [2.05, 4.69) is 33.8 Å². The normalized spacial score (nSPS) is 19.8. The van der Waals surface area contributed by atoms with Crippen LogP contribution < -0.4 is 16.2 Å². The molecule has 7 nitrogen and oxygen atoms in total.